The number of carbonyl (C=O) groups excluding carboxylic acids is 1. The minimum Gasteiger partial charge on any atom is -0.341 e. The van der Waals surface area contributed by atoms with Crippen LogP contribution in [-0.4, -0.2) is 29.9 Å². The van der Waals surface area contributed by atoms with Crippen LogP contribution in [0.3, 0.4) is 0 Å². The number of hydrogen-bond acceptors (Lipinski definition) is 2. The molecule has 1 aromatic carbocycles. The number of amides is 1. The van der Waals surface area contributed by atoms with Crippen molar-refractivity contribution in [2.45, 2.75) is 45.2 Å². The van der Waals surface area contributed by atoms with Crippen LogP contribution < -0.4 is 5.32 Å². The lowest BCUT2D eigenvalue weighted by atomic mass is 10.1. The van der Waals surface area contributed by atoms with E-state index < -0.39 is 5.82 Å². The Morgan fingerprint density at radius 1 is 1.29 bits per heavy atom. The fraction of sp³-hybridized carbons (Fsp3) is 0.562. The first-order valence-electron chi connectivity index (χ1n) is 7.49. The normalized spacial score (nSPS) is 18.4. The predicted octanol–water partition coefficient (Wildman–Crippen LogP) is 3.53. The molecule has 1 heterocycles. The van der Waals surface area contributed by atoms with Crippen LogP contribution in [0, 0.1) is 5.82 Å². The van der Waals surface area contributed by atoms with Gasteiger partial charge in [0.25, 0.3) is 0 Å². The van der Waals surface area contributed by atoms with Crippen molar-refractivity contribution in [2.75, 3.05) is 13.1 Å². The maximum absolute atomic E-state index is 13.5. The summed E-state index contributed by atoms with van der Waals surface area (Å²) in [6.45, 7) is 5.46. The van der Waals surface area contributed by atoms with Crippen LogP contribution in [0.1, 0.15) is 44.7 Å². The molecule has 0 radical (unpaired) electrons. The highest BCUT2D eigenvalue weighted by Gasteiger charge is 2.23. The molecule has 1 N–H and O–H groups in total. The SMILES string of the molecule is CC(NC(C)c1ccc(Cl)c(F)c1)C(=O)N1CCCCC1. The Kier molecular flexibility index (Phi) is 5.59. The number of rotatable bonds is 4. The van der Waals surface area contributed by atoms with E-state index in [0.29, 0.717) is 0 Å². The van der Waals surface area contributed by atoms with Crippen LogP contribution in [0.15, 0.2) is 18.2 Å². The summed E-state index contributed by atoms with van der Waals surface area (Å²) in [5.41, 5.74) is 0.787. The Bertz CT molecular complexity index is 503. The van der Waals surface area contributed by atoms with Gasteiger partial charge in [0.05, 0.1) is 11.1 Å². The van der Waals surface area contributed by atoms with Gasteiger partial charge in [-0.1, -0.05) is 17.7 Å². The third-order valence-corrected chi connectivity index (χ3v) is 4.29. The first kappa shape index (κ1) is 16.2. The van der Waals surface area contributed by atoms with E-state index in [4.69, 9.17) is 11.6 Å². The number of hydrogen-bond donors (Lipinski definition) is 1. The van der Waals surface area contributed by atoms with Gasteiger partial charge in [0.2, 0.25) is 5.91 Å². The highest BCUT2D eigenvalue weighted by Crippen LogP contribution is 2.20. The molecule has 21 heavy (non-hydrogen) atoms. The van der Waals surface area contributed by atoms with Crippen LogP contribution in [0.4, 0.5) is 4.39 Å². The summed E-state index contributed by atoms with van der Waals surface area (Å²) in [7, 11) is 0. The number of nitrogens with zero attached hydrogens (tertiary/aromatic N) is 1. The van der Waals surface area contributed by atoms with E-state index in [0.717, 1.165) is 31.5 Å². The molecule has 1 aliphatic rings. The summed E-state index contributed by atoms with van der Waals surface area (Å²) >= 11 is 5.69. The van der Waals surface area contributed by atoms with Gasteiger partial charge in [-0.3, -0.25) is 10.1 Å². The van der Waals surface area contributed by atoms with E-state index in [-0.39, 0.29) is 23.0 Å². The smallest absolute Gasteiger partial charge is 0.239 e. The molecule has 1 amide bonds. The molecule has 2 unspecified atom stereocenters. The Balaban J connectivity index is 1.95. The molecule has 0 bridgehead atoms. The molecular formula is C16H22ClFN2O. The summed E-state index contributed by atoms with van der Waals surface area (Å²) in [6, 6.07) is 4.35. The maximum Gasteiger partial charge on any atom is 0.239 e. The first-order valence-corrected chi connectivity index (χ1v) is 7.86. The Labute approximate surface area is 130 Å². The third-order valence-electron chi connectivity index (χ3n) is 3.98. The van der Waals surface area contributed by atoms with Crippen molar-refractivity contribution in [1.29, 1.82) is 0 Å². The van der Waals surface area contributed by atoms with Crippen molar-refractivity contribution in [3.8, 4) is 0 Å². The minimum absolute atomic E-state index is 0.111. The summed E-state index contributed by atoms with van der Waals surface area (Å²) in [6.07, 6.45) is 3.36. The van der Waals surface area contributed by atoms with E-state index in [1.165, 1.54) is 12.5 Å². The zero-order valence-corrected chi connectivity index (χ0v) is 13.3. The number of piperidine rings is 1. The highest BCUT2D eigenvalue weighted by molar-refractivity contribution is 6.30. The largest absolute Gasteiger partial charge is 0.341 e. The highest BCUT2D eigenvalue weighted by atomic mass is 35.5. The van der Waals surface area contributed by atoms with Gasteiger partial charge in [-0.25, -0.2) is 4.39 Å². The number of carbonyl (C=O) groups is 1. The molecule has 5 heteroatoms. The van der Waals surface area contributed by atoms with Crippen molar-refractivity contribution in [3.05, 3.63) is 34.6 Å². The van der Waals surface area contributed by atoms with Gasteiger partial charge in [-0.05, 0) is 50.8 Å². The van der Waals surface area contributed by atoms with Gasteiger partial charge in [-0.15, -0.1) is 0 Å². The predicted molar refractivity (Wildman–Crippen MR) is 82.9 cm³/mol. The van der Waals surface area contributed by atoms with Gasteiger partial charge in [0.15, 0.2) is 0 Å². The minimum atomic E-state index is -0.433. The maximum atomic E-state index is 13.5. The lowest BCUT2D eigenvalue weighted by molar-refractivity contribution is -0.134. The molecule has 0 aliphatic carbocycles. The topological polar surface area (TPSA) is 32.3 Å². The zero-order chi connectivity index (χ0) is 15.4. The molecule has 0 spiro atoms. The van der Waals surface area contributed by atoms with Crippen LogP contribution in [0.25, 0.3) is 0 Å². The van der Waals surface area contributed by atoms with E-state index in [9.17, 15) is 9.18 Å². The van der Waals surface area contributed by atoms with Gasteiger partial charge in [0.1, 0.15) is 5.82 Å². The monoisotopic (exact) mass is 312 g/mol. The molecule has 1 aliphatic heterocycles. The van der Waals surface area contributed by atoms with Crippen molar-refractivity contribution >= 4 is 17.5 Å². The van der Waals surface area contributed by atoms with Crippen molar-refractivity contribution < 1.29 is 9.18 Å². The molecular weight excluding hydrogens is 291 g/mol. The van der Waals surface area contributed by atoms with E-state index in [1.54, 1.807) is 12.1 Å². The Hall–Kier alpha value is -1.13. The fourth-order valence-electron chi connectivity index (χ4n) is 2.71. The lowest BCUT2D eigenvalue weighted by Crippen LogP contribution is -2.47. The summed E-state index contributed by atoms with van der Waals surface area (Å²) in [5, 5.41) is 3.35. The average Bonchev–Trinajstić information content (AvgIpc) is 2.50. The van der Waals surface area contributed by atoms with Crippen LogP contribution >= 0.6 is 11.6 Å². The molecule has 1 fully saturated rings. The Morgan fingerprint density at radius 3 is 2.57 bits per heavy atom. The second-order valence-electron chi connectivity index (χ2n) is 5.67. The molecule has 2 rings (SSSR count). The van der Waals surface area contributed by atoms with Crippen LogP contribution in [0.2, 0.25) is 5.02 Å². The fourth-order valence-corrected chi connectivity index (χ4v) is 2.83. The van der Waals surface area contributed by atoms with Crippen molar-refractivity contribution in [1.82, 2.24) is 10.2 Å². The second kappa shape index (κ2) is 7.23. The van der Waals surface area contributed by atoms with Gasteiger partial charge >= 0.3 is 0 Å². The van der Waals surface area contributed by atoms with E-state index >= 15 is 0 Å². The first-order chi connectivity index (χ1) is 9.99. The average molecular weight is 313 g/mol. The number of nitrogens with one attached hydrogen (secondary N) is 1. The van der Waals surface area contributed by atoms with Gasteiger partial charge in [-0.2, -0.15) is 0 Å². The molecule has 116 valence electrons. The van der Waals surface area contributed by atoms with Crippen LogP contribution in [-0.2, 0) is 4.79 Å². The number of halogens is 2. The Morgan fingerprint density at radius 2 is 1.95 bits per heavy atom. The molecule has 0 aromatic heterocycles. The molecule has 1 aromatic rings. The summed E-state index contributed by atoms with van der Waals surface area (Å²) in [4.78, 5) is 14.3. The summed E-state index contributed by atoms with van der Waals surface area (Å²) < 4.78 is 13.5. The third kappa shape index (κ3) is 4.17. The lowest BCUT2D eigenvalue weighted by Gasteiger charge is -2.30. The van der Waals surface area contributed by atoms with Crippen molar-refractivity contribution in [2.24, 2.45) is 0 Å². The second-order valence-corrected chi connectivity index (χ2v) is 6.08. The molecule has 3 nitrogen and oxygen atoms in total. The standard InChI is InChI=1S/C16H22ClFN2O/c1-11(13-6-7-14(17)15(18)10-13)19-12(2)16(21)20-8-4-3-5-9-20/h6-7,10-12,19H,3-5,8-9H2,1-2H3. The molecule has 2 atom stereocenters. The van der Waals surface area contributed by atoms with Gasteiger partial charge in [0, 0.05) is 19.1 Å². The quantitative estimate of drug-likeness (QED) is 0.922. The van der Waals surface area contributed by atoms with E-state index in [2.05, 4.69) is 5.32 Å². The molecule has 1 saturated heterocycles. The zero-order valence-electron chi connectivity index (χ0n) is 12.5. The van der Waals surface area contributed by atoms with Crippen LogP contribution in [0.5, 0.6) is 0 Å². The van der Waals surface area contributed by atoms with E-state index in [1.807, 2.05) is 18.7 Å². The molecule has 0 saturated carbocycles. The number of benzene rings is 1. The summed E-state index contributed by atoms with van der Waals surface area (Å²) in [5.74, 6) is -0.311. The van der Waals surface area contributed by atoms with Crippen molar-refractivity contribution in [3.63, 3.8) is 0 Å². The number of likely N-dealkylation sites (tertiary alicyclic amines) is 1. The van der Waals surface area contributed by atoms with Gasteiger partial charge < -0.3 is 4.90 Å².